The molecule has 0 unspecified atom stereocenters. The Labute approximate surface area is 80.6 Å². The van der Waals surface area contributed by atoms with E-state index in [0.717, 1.165) is 16.6 Å². The molecule has 0 saturated carbocycles. The molecule has 0 spiro atoms. The van der Waals surface area contributed by atoms with Gasteiger partial charge in [0.2, 0.25) is 11.0 Å². The molecular weight excluding hydrogens is 188 g/mol. The van der Waals surface area contributed by atoms with Crippen LogP contribution in [0.25, 0.3) is 0 Å². The Hall–Kier alpha value is -1.17. The molecule has 0 saturated heterocycles. The monoisotopic (exact) mass is 200 g/mol. The molecule has 0 atom stereocenters. The number of nitrogens with one attached hydrogen (secondary N) is 2. The van der Waals surface area contributed by atoms with Crippen molar-refractivity contribution in [2.24, 2.45) is 0 Å². The van der Waals surface area contributed by atoms with Gasteiger partial charge in [0.15, 0.2) is 0 Å². The van der Waals surface area contributed by atoms with Crippen LogP contribution in [0.15, 0.2) is 0 Å². The highest BCUT2D eigenvalue weighted by Crippen LogP contribution is 2.13. The van der Waals surface area contributed by atoms with E-state index in [9.17, 15) is 4.79 Å². The zero-order chi connectivity index (χ0) is 9.68. The molecule has 72 valence electrons. The average Bonchev–Trinajstić information content (AvgIpc) is 2.52. The molecule has 0 aliphatic heterocycles. The Balaban J connectivity index is 2.32. The molecule has 1 heterocycles. The van der Waals surface area contributed by atoms with Gasteiger partial charge in [-0.1, -0.05) is 11.3 Å². The maximum Gasteiger partial charge on any atom is 0.216 e. The van der Waals surface area contributed by atoms with Crippen molar-refractivity contribution >= 4 is 22.4 Å². The van der Waals surface area contributed by atoms with Gasteiger partial charge in [0, 0.05) is 26.9 Å². The molecule has 1 rings (SSSR count). The van der Waals surface area contributed by atoms with Crippen molar-refractivity contribution in [3.63, 3.8) is 0 Å². The van der Waals surface area contributed by atoms with E-state index >= 15 is 0 Å². The second kappa shape index (κ2) is 4.76. The van der Waals surface area contributed by atoms with Crippen LogP contribution in [0.5, 0.6) is 0 Å². The van der Waals surface area contributed by atoms with Gasteiger partial charge < -0.3 is 10.6 Å². The van der Waals surface area contributed by atoms with Gasteiger partial charge in [-0.05, 0) is 0 Å². The Morgan fingerprint density at radius 3 is 2.85 bits per heavy atom. The first-order valence-electron chi connectivity index (χ1n) is 3.97. The Kier molecular flexibility index (Phi) is 3.63. The van der Waals surface area contributed by atoms with Crippen LogP contribution >= 0.6 is 11.3 Å². The van der Waals surface area contributed by atoms with Gasteiger partial charge >= 0.3 is 0 Å². The first-order chi connectivity index (χ1) is 6.22. The topological polar surface area (TPSA) is 66.9 Å². The van der Waals surface area contributed by atoms with E-state index in [1.807, 2.05) is 0 Å². The summed E-state index contributed by atoms with van der Waals surface area (Å²) in [4.78, 5) is 10.5. The second-order valence-electron chi connectivity index (χ2n) is 2.48. The number of rotatable bonds is 4. The van der Waals surface area contributed by atoms with Crippen molar-refractivity contribution in [3.8, 4) is 0 Å². The van der Waals surface area contributed by atoms with Crippen molar-refractivity contribution in [2.45, 2.75) is 13.3 Å². The lowest BCUT2D eigenvalue weighted by atomic mass is 10.4. The van der Waals surface area contributed by atoms with Crippen LogP contribution in [0.1, 0.15) is 11.9 Å². The van der Waals surface area contributed by atoms with E-state index in [1.165, 1.54) is 18.3 Å². The molecule has 0 aliphatic carbocycles. The van der Waals surface area contributed by atoms with E-state index in [1.54, 1.807) is 7.05 Å². The number of anilines is 1. The number of carbonyl (C=O) groups is 1. The Bertz CT molecular complexity index is 286. The van der Waals surface area contributed by atoms with E-state index in [-0.39, 0.29) is 5.91 Å². The first kappa shape index (κ1) is 9.91. The van der Waals surface area contributed by atoms with E-state index in [0.29, 0.717) is 6.54 Å². The second-order valence-corrected chi connectivity index (χ2v) is 3.55. The average molecular weight is 200 g/mol. The summed E-state index contributed by atoms with van der Waals surface area (Å²) in [6, 6.07) is 0. The van der Waals surface area contributed by atoms with Gasteiger partial charge in [-0.25, -0.2) is 0 Å². The van der Waals surface area contributed by atoms with Gasteiger partial charge in [0.1, 0.15) is 5.01 Å². The summed E-state index contributed by atoms with van der Waals surface area (Å²) in [5.41, 5.74) is 0. The summed E-state index contributed by atoms with van der Waals surface area (Å²) in [5.74, 6) is -0.0154. The third-order valence-corrected chi connectivity index (χ3v) is 2.39. The number of hydrogen-bond acceptors (Lipinski definition) is 5. The summed E-state index contributed by atoms with van der Waals surface area (Å²) < 4.78 is 0. The lowest BCUT2D eigenvalue weighted by molar-refractivity contribution is -0.118. The van der Waals surface area contributed by atoms with Crippen molar-refractivity contribution in [2.75, 3.05) is 18.9 Å². The molecule has 0 aliphatic rings. The molecule has 13 heavy (non-hydrogen) atoms. The van der Waals surface area contributed by atoms with Crippen LogP contribution in [0.2, 0.25) is 0 Å². The Morgan fingerprint density at radius 2 is 2.31 bits per heavy atom. The van der Waals surface area contributed by atoms with Gasteiger partial charge in [-0.15, -0.1) is 10.2 Å². The molecule has 2 N–H and O–H groups in total. The minimum Gasteiger partial charge on any atom is -0.363 e. The lowest BCUT2D eigenvalue weighted by Gasteiger charge is -1.96. The highest BCUT2D eigenvalue weighted by atomic mass is 32.1. The fourth-order valence-electron chi connectivity index (χ4n) is 0.801. The van der Waals surface area contributed by atoms with Crippen LogP contribution in [0.4, 0.5) is 5.13 Å². The summed E-state index contributed by atoms with van der Waals surface area (Å²) >= 11 is 1.50. The fraction of sp³-hybridized carbons (Fsp3) is 0.571. The predicted molar refractivity (Wildman–Crippen MR) is 51.8 cm³/mol. The van der Waals surface area contributed by atoms with Crippen molar-refractivity contribution in [1.82, 2.24) is 15.5 Å². The Morgan fingerprint density at radius 1 is 1.54 bits per heavy atom. The third-order valence-electron chi connectivity index (χ3n) is 1.39. The van der Waals surface area contributed by atoms with Crippen molar-refractivity contribution < 1.29 is 4.79 Å². The molecule has 0 aromatic carbocycles. The molecule has 0 fully saturated rings. The number of hydrogen-bond donors (Lipinski definition) is 2. The largest absolute Gasteiger partial charge is 0.363 e. The summed E-state index contributed by atoms with van der Waals surface area (Å²) in [6.45, 7) is 2.12. The van der Waals surface area contributed by atoms with Crippen LogP contribution in [-0.4, -0.2) is 29.7 Å². The van der Waals surface area contributed by atoms with Crippen molar-refractivity contribution in [1.29, 1.82) is 0 Å². The predicted octanol–water partition coefficient (Wildman–Crippen LogP) is 0.258. The van der Waals surface area contributed by atoms with Gasteiger partial charge in [-0.3, -0.25) is 4.79 Å². The maximum atomic E-state index is 10.5. The minimum atomic E-state index is -0.0154. The molecule has 5 nitrogen and oxygen atoms in total. The maximum absolute atomic E-state index is 10.5. The van der Waals surface area contributed by atoms with E-state index < -0.39 is 0 Å². The van der Waals surface area contributed by atoms with Crippen molar-refractivity contribution in [3.05, 3.63) is 5.01 Å². The third kappa shape index (κ3) is 3.37. The summed E-state index contributed by atoms with van der Waals surface area (Å²) in [5, 5.41) is 15.2. The number of carbonyl (C=O) groups excluding carboxylic acids is 1. The molecule has 0 bridgehead atoms. The first-order valence-corrected chi connectivity index (χ1v) is 4.78. The summed E-state index contributed by atoms with van der Waals surface area (Å²) in [7, 11) is 1.80. The van der Waals surface area contributed by atoms with E-state index in [2.05, 4.69) is 20.8 Å². The minimum absolute atomic E-state index is 0.0154. The van der Waals surface area contributed by atoms with Gasteiger partial charge in [-0.2, -0.15) is 0 Å². The van der Waals surface area contributed by atoms with Gasteiger partial charge in [0.25, 0.3) is 0 Å². The highest BCUT2D eigenvalue weighted by Gasteiger charge is 2.01. The molecule has 6 heteroatoms. The van der Waals surface area contributed by atoms with E-state index in [4.69, 9.17) is 0 Å². The highest BCUT2D eigenvalue weighted by molar-refractivity contribution is 7.15. The SMILES string of the molecule is CNc1nnc(CCNC(C)=O)s1. The molecule has 0 radical (unpaired) electrons. The number of amides is 1. The molecular formula is C7H12N4OS. The van der Waals surface area contributed by atoms with Crippen LogP contribution in [0, 0.1) is 0 Å². The van der Waals surface area contributed by atoms with Crippen LogP contribution in [0.3, 0.4) is 0 Å². The fourth-order valence-corrected chi connectivity index (χ4v) is 1.49. The molecule has 1 aromatic heterocycles. The lowest BCUT2D eigenvalue weighted by Crippen LogP contribution is -2.22. The summed E-state index contributed by atoms with van der Waals surface area (Å²) in [6.07, 6.45) is 0.735. The van der Waals surface area contributed by atoms with Crippen LogP contribution < -0.4 is 10.6 Å². The van der Waals surface area contributed by atoms with Crippen LogP contribution in [-0.2, 0) is 11.2 Å². The normalized spacial score (nSPS) is 9.69. The zero-order valence-corrected chi connectivity index (χ0v) is 8.44. The smallest absolute Gasteiger partial charge is 0.216 e. The number of aromatic nitrogens is 2. The molecule has 1 amide bonds. The standard InChI is InChI=1S/C7H12N4OS/c1-5(12)9-4-3-6-10-11-7(8-2)13-6/h3-4H2,1-2H3,(H,8,11)(H,9,12). The van der Waals surface area contributed by atoms with Gasteiger partial charge in [0.05, 0.1) is 0 Å². The molecule has 1 aromatic rings. The number of nitrogens with zero attached hydrogens (tertiary/aromatic N) is 2. The zero-order valence-electron chi connectivity index (χ0n) is 7.63. The quantitative estimate of drug-likeness (QED) is 0.731.